The molecule has 0 bridgehead atoms. The van der Waals surface area contributed by atoms with E-state index in [1.165, 1.54) is 18.5 Å². The molecule has 0 atom stereocenters. The summed E-state index contributed by atoms with van der Waals surface area (Å²) in [6.07, 6.45) is 4.33. The molecule has 4 aromatic rings. The molecule has 7 nitrogen and oxygen atoms in total. The van der Waals surface area contributed by atoms with Gasteiger partial charge in [0, 0.05) is 41.1 Å². The van der Waals surface area contributed by atoms with E-state index in [9.17, 15) is 18.4 Å². The lowest BCUT2D eigenvalue weighted by molar-refractivity contribution is -0.607. The zero-order valence-electron chi connectivity index (χ0n) is 20.9. The smallest absolute Gasteiger partial charge is 0.317 e. The molecule has 8 heteroatoms. The minimum Gasteiger partial charge on any atom is -0.618 e. The average Bonchev–Trinajstić information content (AvgIpc) is 2.82. The highest BCUT2D eigenvalue weighted by molar-refractivity contribution is 7.91. The Morgan fingerprint density at radius 1 is 1.00 bits per heavy atom. The zero-order valence-corrected chi connectivity index (χ0v) is 21.8. The number of pyridine rings is 2. The molecule has 0 radical (unpaired) electrons. The summed E-state index contributed by atoms with van der Waals surface area (Å²) in [5, 5.41) is 16.2. The first-order valence-electron chi connectivity index (χ1n) is 11.6. The van der Waals surface area contributed by atoms with Gasteiger partial charge >= 0.3 is 5.91 Å². The van der Waals surface area contributed by atoms with Gasteiger partial charge in [-0.1, -0.05) is 24.3 Å². The molecule has 0 fully saturated rings. The number of benzene rings is 2. The molecule has 2 aromatic heterocycles. The molecule has 36 heavy (non-hydrogen) atoms. The van der Waals surface area contributed by atoms with Gasteiger partial charge in [-0.3, -0.25) is 9.78 Å². The van der Waals surface area contributed by atoms with E-state index in [1.807, 2.05) is 62.4 Å². The van der Waals surface area contributed by atoms with Crippen LogP contribution in [0.5, 0.6) is 0 Å². The van der Waals surface area contributed by atoms with Crippen LogP contribution in [0.25, 0.3) is 33.2 Å². The molecular weight excluding hydrogens is 474 g/mol. The largest absolute Gasteiger partial charge is 0.618 e. The fourth-order valence-corrected chi connectivity index (χ4v) is 4.55. The molecule has 2 heterocycles. The van der Waals surface area contributed by atoms with Gasteiger partial charge in [-0.15, -0.1) is 0 Å². The summed E-state index contributed by atoms with van der Waals surface area (Å²) < 4.78 is 24.6. The topological polar surface area (TPSA) is 103 Å². The van der Waals surface area contributed by atoms with Gasteiger partial charge in [-0.2, -0.15) is 4.73 Å². The van der Waals surface area contributed by atoms with Crippen LogP contribution < -0.4 is 10.0 Å². The summed E-state index contributed by atoms with van der Waals surface area (Å²) in [6.45, 7) is 7.06. The van der Waals surface area contributed by atoms with Crippen molar-refractivity contribution in [3.8, 4) is 22.3 Å². The number of carbonyl (C=O) groups excluding carboxylic acids is 1. The van der Waals surface area contributed by atoms with Gasteiger partial charge < -0.3 is 10.5 Å². The molecule has 0 aliphatic heterocycles. The standard InChI is InChI=1S/C28H29N3O4S/c1-18(2)30-27(32)25-12-11-22(17-31(25)33)19-8-6-9-20(14-19)24-16-23(28(3,4)36(5,34)35)15-21-10-7-13-29-26(21)24/h6-18H,1-5H3,(H,30,32). The highest BCUT2D eigenvalue weighted by Crippen LogP contribution is 2.37. The van der Waals surface area contributed by atoms with Gasteiger partial charge in [0.2, 0.25) is 0 Å². The molecule has 0 saturated carbocycles. The molecule has 1 N–H and O–H groups in total. The Morgan fingerprint density at radius 2 is 1.72 bits per heavy atom. The summed E-state index contributed by atoms with van der Waals surface area (Å²) in [7, 11) is -3.39. The molecule has 2 aromatic carbocycles. The second-order valence-electron chi connectivity index (χ2n) is 9.72. The van der Waals surface area contributed by atoms with E-state index in [1.54, 1.807) is 26.1 Å². The van der Waals surface area contributed by atoms with Crippen LogP contribution in [-0.4, -0.2) is 31.6 Å². The molecule has 4 rings (SSSR count). The van der Waals surface area contributed by atoms with E-state index in [2.05, 4.69) is 10.3 Å². The van der Waals surface area contributed by atoms with Crippen molar-refractivity contribution in [3.63, 3.8) is 0 Å². The summed E-state index contributed by atoms with van der Waals surface area (Å²) in [5.74, 6) is -0.428. The predicted molar refractivity (Wildman–Crippen MR) is 142 cm³/mol. The number of nitrogens with zero attached hydrogens (tertiary/aromatic N) is 2. The number of nitrogens with one attached hydrogen (secondary N) is 1. The van der Waals surface area contributed by atoms with Crippen LogP contribution in [0.2, 0.25) is 0 Å². The third-order valence-electron chi connectivity index (χ3n) is 6.40. The van der Waals surface area contributed by atoms with Crippen molar-refractivity contribution in [2.45, 2.75) is 38.5 Å². The van der Waals surface area contributed by atoms with Gasteiger partial charge in [0.25, 0.3) is 5.69 Å². The van der Waals surface area contributed by atoms with E-state index in [0.29, 0.717) is 15.9 Å². The summed E-state index contributed by atoms with van der Waals surface area (Å²) in [6, 6.07) is 18.3. The van der Waals surface area contributed by atoms with Crippen molar-refractivity contribution in [1.82, 2.24) is 10.3 Å². The van der Waals surface area contributed by atoms with Gasteiger partial charge in [0.05, 0.1) is 10.3 Å². The fourth-order valence-electron chi connectivity index (χ4n) is 4.00. The Labute approximate surface area is 211 Å². The third kappa shape index (κ3) is 4.81. The summed E-state index contributed by atoms with van der Waals surface area (Å²) in [5.41, 5.74) is 4.51. The lowest BCUT2D eigenvalue weighted by atomic mass is 9.92. The monoisotopic (exact) mass is 503 g/mol. The normalized spacial score (nSPS) is 12.2. The average molecular weight is 504 g/mol. The van der Waals surface area contributed by atoms with Gasteiger partial charge in [0.15, 0.2) is 16.0 Å². The highest BCUT2D eigenvalue weighted by Gasteiger charge is 2.33. The molecule has 0 spiro atoms. The third-order valence-corrected chi connectivity index (χ3v) is 8.49. The molecular formula is C28H29N3O4S. The predicted octanol–water partition coefficient (Wildman–Crippen LogP) is 4.62. The van der Waals surface area contributed by atoms with Crippen LogP contribution in [0, 0.1) is 5.21 Å². The maximum absolute atomic E-state index is 12.6. The van der Waals surface area contributed by atoms with Crippen LogP contribution in [0.4, 0.5) is 0 Å². The highest BCUT2D eigenvalue weighted by atomic mass is 32.2. The van der Waals surface area contributed by atoms with Gasteiger partial charge in [-0.25, -0.2) is 8.42 Å². The number of fused-ring (bicyclic) bond motifs is 1. The minimum absolute atomic E-state index is 0.0227. The van der Waals surface area contributed by atoms with Crippen molar-refractivity contribution in [1.29, 1.82) is 0 Å². The lowest BCUT2D eigenvalue weighted by Crippen LogP contribution is -2.41. The Kier molecular flexibility index (Phi) is 6.58. The second-order valence-corrected chi connectivity index (χ2v) is 12.3. The first-order valence-corrected chi connectivity index (χ1v) is 13.5. The van der Waals surface area contributed by atoms with Crippen LogP contribution >= 0.6 is 0 Å². The SMILES string of the molecule is CC(C)NC(=O)c1ccc(-c2cccc(-c3cc(C(C)(C)S(C)(=O)=O)cc4cccnc34)c2)c[n+]1[O-]. The fraction of sp³-hybridized carbons (Fsp3) is 0.250. The number of aromatic nitrogens is 2. The molecule has 0 saturated heterocycles. The van der Waals surface area contributed by atoms with E-state index >= 15 is 0 Å². The van der Waals surface area contributed by atoms with Crippen molar-refractivity contribution < 1.29 is 17.9 Å². The van der Waals surface area contributed by atoms with Crippen LogP contribution in [-0.2, 0) is 14.6 Å². The number of amides is 1. The number of rotatable bonds is 6. The van der Waals surface area contributed by atoms with E-state index in [4.69, 9.17) is 0 Å². The van der Waals surface area contributed by atoms with E-state index in [-0.39, 0.29) is 11.7 Å². The first-order chi connectivity index (χ1) is 16.9. The van der Waals surface area contributed by atoms with Crippen LogP contribution in [0.3, 0.4) is 0 Å². The van der Waals surface area contributed by atoms with Crippen molar-refractivity contribution >= 4 is 26.6 Å². The van der Waals surface area contributed by atoms with Gasteiger partial charge in [-0.05, 0) is 74.7 Å². The number of hydrogen-bond acceptors (Lipinski definition) is 5. The Morgan fingerprint density at radius 3 is 2.39 bits per heavy atom. The Balaban J connectivity index is 1.83. The molecule has 0 unspecified atom stereocenters. The van der Waals surface area contributed by atoms with Crippen molar-refractivity contribution in [2.75, 3.05) is 6.26 Å². The quantitative estimate of drug-likeness (QED) is 0.305. The van der Waals surface area contributed by atoms with Crippen LogP contribution in [0.15, 0.2) is 73.1 Å². The Bertz CT molecular complexity index is 1580. The summed E-state index contributed by atoms with van der Waals surface area (Å²) >= 11 is 0. The van der Waals surface area contributed by atoms with E-state index < -0.39 is 20.5 Å². The van der Waals surface area contributed by atoms with Crippen molar-refractivity contribution in [2.24, 2.45) is 0 Å². The lowest BCUT2D eigenvalue weighted by Gasteiger charge is -2.24. The van der Waals surface area contributed by atoms with Gasteiger partial charge in [0.1, 0.15) is 0 Å². The molecule has 0 aliphatic rings. The summed E-state index contributed by atoms with van der Waals surface area (Å²) in [4.78, 5) is 16.9. The number of hydrogen-bond donors (Lipinski definition) is 1. The Hall–Kier alpha value is -3.78. The number of sulfone groups is 1. The van der Waals surface area contributed by atoms with Crippen molar-refractivity contribution in [3.05, 3.63) is 89.5 Å². The first kappa shape index (κ1) is 25.3. The number of carbonyl (C=O) groups is 1. The molecule has 0 aliphatic carbocycles. The van der Waals surface area contributed by atoms with Crippen LogP contribution in [0.1, 0.15) is 43.7 Å². The zero-order chi connectivity index (χ0) is 26.3. The minimum atomic E-state index is -3.39. The molecule has 1 amide bonds. The second kappa shape index (κ2) is 9.35. The maximum Gasteiger partial charge on any atom is 0.317 e. The van der Waals surface area contributed by atoms with E-state index in [0.717, 1.165) is 27.6 Å². The molecule has 186 valence electrons. The maximum atomic E-state index is 12.6.